The number of nitrogens with two attached hydrogens (primary N) is 1. The van der Waals surface area contributed by atoms with Gasteiger partial charge in [-0.3, -0.25) is 28.8 Å². The highest BCUT2D eigenvalue weighted by Gasteiger charge is 2.79. The molecule has 1 amide bonds. The molecule has 2 heterocycles. The number of amides is 1. The van der Waals surface area contributed by atoms with E-state index in [1.807, 2.05) is 0 Å². The van der Waals surface area contributed by atoms with Crippen molar-refractivity contribution in [2.45, 2.75) is 151 Å². The molecule has 0 aromatic heterocycles. The second-order valence-corrected chi connectivity index (χ2v) is 21.8. The van der Waals surface area contributed by atoms with Gasteiger partial charge in [0.1, 0.15) is 54.4 Å². The van der Waals surface area contributed by atoms with Crippen LogP contribution < -0.4 is 11.1 Å². The molecule has 8 rings (SSSR count). The number of rotatable bonds is 16. The summed E-state index contributed by atoms with van der Waals surface area (Å²) in [4.78, 5) is 114. The summed E-state index contributed by atoms with van der Waals surface area (Å²) >= 11 is 0. The standard InChI is InChI=1S/C57H66N2O22/c1-27-34(76-52(71)42(65)40(30-16-10-7-11-17-30)59-49(68)31-18-12-8-13-19-31)24-57(73)48(80-50(69)32-20-14-9-15-21-32)46-55(6,47(67)44(75-28(2)61)39(27)54(57,4)5)36(23-37-56(46,26-74-37)81-29(3)62)78-51(70)33(58)22-38(63)79-45-41(64)35(25-60)77-53(72)43(45)66/h7-21,33-37,40-46,48,53,60,64-66,72-73H,22-26,58H2,1-6H3,(H,59,68)/t33?,34-,35+,36-,37+,40-,41+,42+,43+,44+,45-,46?,48-,53?,55+,56-,57+/m0/s1. The Hall–Kier alpha value is -7.00. The lowest BCUT2D eigenvalue weighted by Crippen LogP contribution is -2.82. The van der Waals surface area contributed by atoms with E-state index in [2.05, 4.69) is 5.32 Å². The van der Waals surface area contributed by atoms with Crippen molar-refractivity contribution in [1.29, 1.82) is 0 Å². The van der Waals surface area contributed by atoms with Gasteiger partial charge in [0.15, 0.2) is 36.0 Å². The van der Waals surface area contributed by atoms with Crippen LogP contribution in [-0.4, -0.2) is 176 Å². The molecule has 3 unspecified atom stereocenters. The molecule has 81 heavy (non-hydrogen) atoms. The molecule has 3 aromatic rings. The lowest BCUT2D eigenvalue weighted by atomic mass is 9.44. The zero-order chi connectivity index (χ0) is 59.1. The minimum Gasteiger partial charge on any atom is -0.460 e. The summed E-state index contributed by atoms with van der Waals surface area (Å²) in [5.74, 6) is -10.7. The monoisotopic (exact) mass is 1130 g/mol. The third kappa shape index (κ3) is 11.1. The van der Waals surface area contributed by atoms with Crippen LogP contribution in [0.4, 0.5) is 0 Å². The number of ketones is 1. The van der Waals surface area contributed by atoms with Gasteiger partial charge in [-0.1, -0.05) is 80.6 Å². The Morgan fingerprint density at radius 3 is 1.96 bits per heavy atom. The molecule has 3 aromatic carbocycles. The molecule has 5 aliphatic rings. The number of aliphatic hydroxyl groups is 6. The Bertz CT molecular complexity index is 2920. The second kappa shape index (κ2) is 23.5. The van der Waals surface area contributed by atoms with Gasteiger partial charge in [0.25, 0.3) is 5.91 Å². The maximum atomic E-state index is 16.3. The molecule has 2 bridgehead atoms. The van der Waals surface area contributed by atoms with E-state index in [4.69, 9.17) is 43.6 Å². The molecule has 0 spiro atoms. The molecule has 9 N–H and O–H groups in total. The van der Waals surface area contributed by atoms with Crippen molar-refractivity contribution in [3.05, 3.63) is 119 Å². The van der Waals surface area contributed by atoms with Crippen LogP contribution in [0.1, 0.15) is 93.1 Å². The molecule has 24 nitrogen and oxygen atoms in total. The highest BCUT2D eigenvalue weighted by Crippen LogP contribution is 2.65. The zero-order valence-electron chi connectivity index (χ0n) is 45.1. The van der Waals surface area contributed by atoms with Crippen molar-refractivity contribution < 1.29 is 107 Å². The van der Waals surface area contributed by atoms with E-state index in [1.165, 1.54) is 64.1 Å². The molecular formula is C57H66N2O22. The fraction of sp³-hybridized carbons (Fsp3) is 0.509. The van der Waals surface area contributed by atoms with E-state index in [1.54, 1.807) is 54.6 Å². The van der Waals surface area contributed by atoms with Gasteiger partial charge in [-0.15, -0.1) is 0 Å². The summed E-state index contributed by atoms with van der Waals surface area (Å²) < 4.78 is 47.1. The van der Waals surface area contributed by atoms with Crippen LogP contribution in [0, 0.1) is 16.7 Å². The SMILES string of the molecule is CC(=O)O[C@H]1C(=O)[C@@]2(C)C([C@H](OC(=O)c3ccccc3)[C@]3(O)C[C@H](OC(=O)[C@H](O)[C@@H](NC(=O)c4ccccc4)c4ccccc4)C(C)=C1C3(C)C)[C@]1(OC(C)=O)CO[C@@H]1C[C@@H]2OC(=O)C(N)CC(=O)O[C@H]1[C@H](O)[C@@H](CO)OC(O)[C@@H]1O. The first kappa shape index (κ1) is 60.1. The molecule has 2 saturated heterocycles. The summed E-state index contributed by atoms with van der Waals surface area (Å²) in [6.07, 6.45) is -22.5. The fourth-order valence-electron chi connectivity index (χ4n) is 12.2. The third-order valence-electron chi connectivity index (χ3n) is 16.5. The molecule has 2 saturated carbocycles. The van der Waals surface area contributed by atoms with Gasteiger partial charge in [0.05, 0.1) is 42.6 Å². The fourth-order valence-corrected chi connectivity index (χ4v) is 12.2. The molecule has 2 aliphatic heterocycles. The number of Topliss-reactive ketones (excluding diaryl/α,β-unsaturated/α-hetero) is 1. The summed E-state index contributed by atoms with van der Waals surface area (Å²) in [6.45, 7) is 6.31. The Balaban J connectivity index is 1.24. The number of benzene rings is 3. The molecule has 0 radical (unpaired) electrons. The number of hydrogen-bond donors (Lipinski definition) is 8. The molecule has 436 valence electrons. The lowest BCUT2D eigenvalue weighted by Gasteiger charge is -2.67. The Morgan fingerprint density at radius 1 is 0.790 bits per heavy atom. The third-order valence-corrected chi connectivity index (χ3v) is 16.5. The average molecular weight is 1130 g/mol. The molecule has 17 atom stereocenters. The van der Waals surface area contributed by atoms with E-state index >= 15 is 4.79 Å². The second-order valence-electron chi connectivity index (χ2n) is 21.8. The predicted molar refractivity (Wildman–Crippen MR) is 274 cm³/mol. The minimum absolute atomic E-state index is 0.0200. The number of ether oxygens (including phenoxy) is 8. The van der Waals surface area contributed by atoms with E-state index in [0.29, 0.717) is 0 Å². The maximum Gasteiger partial charge on any atom is 0.338 e. The van der Waals surface area contributed by atoms with E-state index in [-0.39, 0.29) is 27.8 Å². The Labute approximate surface area is 464 Å². The Morgan fingerprint density at radius 2 is 1.40 bits per heavy atom. The number of aliphatic hydroxyl groups excluding tert-OH is 5. The van der Waals surface area contributed by atoms with Crippen molar-refractivity contribution in [2.75, 3.05) is 13.2 Å². The summed E-state index contributed by atoms with van der Waals surface area (Å²) in [7, 11) is 0. The van der Waals surface area contributed by atoms with Gasteiger partial charge >= 0.3 is 35.8 Å². The normalized spacial score (nSPS) is 33.1. The quantitative estimate of drug-likeness (QED) is 0.0545. The first-order valence-electron chi connectivity index (χ1n) is 26.2. The number of fused-ring (bicyclic) bond motifs is 5. The van der Waals surface area contributed by atoms with Crippen LogP contribution in [-0.2, 0) is 66.7 Å². The van der Waals surface area contributed by atoms with Gasteiger partial charge in [-0.05, 0) is 54.8 Å². The van der Waals surface area contributed by atoms with Crippen molar-refractivity contribution in [2.24, 2.45) is 22.5 Å². The van der Waals surface area contributed by atoms with Gasteiger partial charge in [0.2, 0.25) is 0 Å². The largest absolute Gasteiger partial charge is 0.460 e. The van der Waals surface area contributed by atoms with Crippen molar-refractivity contribution in [3.8, 4) is 0 Å². The van der Waals surface area contributed by atoms with Gasteiger partial charge in [-0.2, -0.15) is 0 Å². The number of carbonyl (C=O) groups is 8. The highest BCUT2D eigenvalue weighted by atomic mass is 16.7. The van der Waals surface area contributed by atoms with Gasteiger partial charge in [0, 0.05) is 37.7 Å². The maximum absolute atomic E-state index is 16.3. The number of carbonyl (C=O) groups excluding carboxylic acids is 8. The summed E-state index contributed by atoms with van der Waals surface area (Å²) in [5.41, 5.74) is -2.42. The van der Waals surface area contributed by atoms with Crippen LogP contribution in [0.2, 0.25) is 0 Å². The first-order valence-corrected chi connectivity index (χ1v) is 26.2. The smallest absolute Gasteiger partial charge is 0.338 e. The number of esters is 6. The van der Waals surface area contributed by atoms with Crippen LogP contribution >= 0.6 is 0 Å². The van der Waals surface area contributed by atoms with E-state index < -0.39 is 187 Å². The minimum atomic E-state index is -2.63. The topological polar surface area (TPSA) is 370 Å². The number of hydrogen-bond acceptors (Lipinski definition) is 23. The van der Waals surface area contributed by atoms with Crippen LogP contribution in [0.3, 0.4) is 0 Å². The zero-order valence-corrected chi connectivity index (χ0v) is 45.1. The summed E-state index contributed by atoms with van der Waals surface area (Å²) in [6, 6.07) is 20.1. The lowest BCUT2D eigenvalue weighted by molar-refractivity contribution is -0.346. The molecule has 4 fully saturated rings. The highest BCUT2D eigenvalue weighted by molar-refractivity contribution is 5.97. The Kier molecular flexibility index (Phi) is 17.4. The van der Waals surface area contributed by atoms with Crippen LogP contribution in [0.5, 0.6) is 0 Å². The van der Waals surface area contributed by atoms with Crippen molar-refractivity contribution in [1.82, 2.24) is 5.32 Å². The average Bonchev–Trinajstić information content (AvgIpc) is 0.879. The van der Waals surface area contributed by atoms with Crippen LogP contribution in [0.15, 0.2) is 102 Å². The molecular weight excluding hydrogens is 1060 g/mol. The van der Waals surface area contributed by atoms with Gasteiger partial charge < -0.3 is 79.6 Å². The number of nitrogens with one attached hydrogen (secondary N) is 1. The van der Waals surface area contributed by atoms with E-state index in [0.717, 1.165) is 13.8 Å². The predicted octanol–water partition coefficient (Wildman–Crippen LogP) is 0.347. The summed E-state index contributed by atoms with van der Waals surface area (Å²) in [5, 5.41) is 69.6. The van der Waals surface area contributed by atoms with Crippen molar-refractivity contribution >= 4 is 47.5 Å². The van der Waals surface area contributed by atoms with E-state index in [9.17, 15) is 64.2 Å². The van der Waals surface area contributed by atoms with Crippen molar-refractivity contribution in [3.63, 3.8) is 0 Å². The van der Waals surface area contributed by atoms with Crippen LogP contribution in [0.25, 0.3) is 0 Å². The van der Waals surface area contributed by atoms with Gasteiger partial charge in [-0.25, -0.2) is 9.59 Å². The molecule has 3 aliphatic carbocycles. The molecule has 24 heteroatoms. The first-order chi connectivity index (χ1) is 38.2.